The van der Waals surface area contributed by atoms with Crippen LogP contribution < -0.4 is 5.32 Å². The van der Waals surface area contributed by atoms with Crippen LogP contribution in [0.3, 0.4) is 0 Å². The molecule has 102 valence electrons. The van der Waals surface area contributed by atoms with Crippen LogP contribution in [0.15, 0.2) is 12.1 Å². The Morgan fingerprint density at radius 3 is 2.37 bits per heavy atom. The lowest BCUT2D eigenvalue weighted by Crippen LogP contribution is -2.43. The molecule has 0 bridgehead atoms. The molecule has 1 rings (SSSR count). The van der Waals surface area contributed by atoms with Crippen molar-refractivity contribution < 1.29 is 18.7 Å². The Hall–Kier alpha value is -2.16. The lowest BCUT2D eigenvalue weighted by atomic mass is 9.95. The lowest BCUT2D eigenvalue weighted by molar-refractivity contribution is -0.142. The van der Waals surface area contributed by atoms with E-state index < -0.39 is 28.8 Å². The van der Waals surface area contributed by atoms with Gasteiger partial charge in [0.05, 0.1) is 11.6 Å². The van der Waals surface area contributed by atoms with Crippen LogP contribution in [-0.4, -0.2) is 16.6 Å². The number of anilines is 1. The fourth-order valence-electron chi connectivity index (χ4n) is 1.76. The summed E-state index contributed by atoms with van der Waals surface area (Å²) in [6, 6.07) is 3.34. The number of halogens is 2. The Morgan fingerprint density at radius 2 is 2.00 bits per heavy atom. The second-order valence-electron chi connectivity index (χ2n) is 4.44. The van der Waals surface area contributed by atoms with Gasteiger partial charge in [0.1, 0.15) is 11.2 Å². The zero-order valence-corrected chi connectivity index (χ0v) is 10.6. The molecule has 19 heavy (non-hydrogen) atoms. The predicted molar refractivity (Wildman–Crippen MR) is 65.6 cm³/mol. The van der Waals surface area contributed by atoms with Gasteiger partial charge in [-0.2, -0.15) is 5.26 Å². The molecule has 2 N–H and O–H groups in total. The average Bonchev–Trinajstić information content (AvgIpc) is 2.33. The van der Waals surface area contributed by atoms with Gasteiger partial charge >= 0.3 is 5.97 Å². The SMILES string of the molecule is CCCC(C)(Nc1c(F)cc(C#N)cc1F)C(=O)O. The van der Waals surface area contributed by atoms with E-state index in [1.165, 1.54) is 6.92 Å². The molecule has 1 aromatic rings. The first-order valence-electron chi connectivity index (χ1n) is 5.74. The fraction of sp³-hybridized carbons (Fsp3) is 0.385. The molecule has 0 radical (unpaired) electrons. The van der Waals surface area contributed by atoms with Gasteiger partial charge < -0.3 is 10.4 Å². The second-order valence-corrected chi connectivity index (χ2v) is 4.44. The number of carboxylic acid groups (broad SMARTS) is 1. The van der Waals surface area contributed by atoms with E-state index in [0.29, 0.717) is 6.42 Å². The summed E-state index contributed by atoms with van der Waals surface area (Å²) in [5, 5.41) is 20.1. The summed E-state index contributed by atoms with van der Waals surface area (Å²) in [5.74, 6) is -3.17. The number of benzene rings is 1. The van der Waals surface area contributed by atoms with Gasteiger partial charge in [0.25, 0.3) is 0 Å². The summed E-state index contributed by atoms with van der Waals surface area (Å²) in [4.78, 5) is 11.2. The maximum atomic E-state index is 13.7. The first-order valence-corrected chi connectivity index (χ1v) is 5.74. The lowest BCUT2D eigenvalue weighted by Gasteiger charge is -2.27. The monoisotopic (exact) mass is 268 g/mol. The van der Waals surface area contributed by atoms with Gasteiger partial charge in [-0.15, -0.1) is 0 Å². The van der Waals surface area contributed by atoms with Crippen molar-refractivity contribution >= 4 is 11.7 Å². The van der Waals surface area contributed by atoms with Crippen molar-refractivity contribution in [3.05, 3.63) is 29.3 Å². The van der Waals surface area contributed by atoms with Crippen LogP contribution in [0.25, 0.3) is 0 Å². The maximum absolute atomic E-state index is 13.7. The molecule has 4 nitrogen and oxygen atoms in total. The molecular weight excluding hydrogens is 254 g/mol. The molecule has 0 aliphatic carbocycles. The first kappa shape index (κ1) is 14.9. The highest BCUT2D eigenvalue weighted by molar-refractivity contribution is 5.82. The van der Waals surface area contributed by atoms with E-state index in [1.807, 2.05) is 0 Å². The Balaban J connectivity index is 3.18. The minimum Gasteiger partial charge on any atom is -0.480 e. The van der Waals surface area contributed by atoms with E-state index in [-0.39, 0.29) is 12.0 Å². The fourth-order valence-corrected chi connectivity index (χ4v) is 1.76. The van der Waals surface area contributed by atoms with Crippen molar-refractivity contribution in [3.8, 4) is 6.07 Å². The molecule has 0 aliphatic heterocycles. The zero-order valence-electron chi connectivity index (χ0n) is 10.6. The summed E-state index contributed by atoms with van der Waals surface area (Å²) < 4.78 is 27.4. The molecule has 0 aromatic heterocycles. The Kier molecular flexibility index (Phi) is 4.43. The van der Waals surface area contributed by atoms with Crippen molar-refractivity contribution in [1.29, 1.82) is 5.26 Å². The van der Waals surface area contributed by atoms with E-state index >= 15 is 0 Å². The molecule has 0 amide bonds. The number of hydrogen-bond donors (Lipinski definition) is 2. The Bertz CT molecular complexity index is 517. The van der Waals surface area contributed by atoms with Gasteiger partial charge in [0, 0.05) is 0 Å². The van der Waals surface area contributed by atoms with Crippen molar-refractivity contribution in [2.75, 3.05) is 5.32 Å². The van der Waals surface area contributed by atoms with Gasteiger partial charge in [-0.3, -0.25) is 0 Å². The third kappa shape index (κ3) is 3.19. The molecule has 1 aromatic carbocycles. The van der Waals surface area contributed by atoms with Gasteiger partial charge in [-0.1, -0.05) is 13.3 Å². The van der Waals surface area contributed by atoms with Gasteiger partial charge in [-0.25, -0.2) is 13.6 Å². The zero-order chi connectivity index (χ0) is 14.6. The van der Waals surface area contributed by atoms with Crippen LogP contribution in [0.1, 0.15) is 32.3 Å². The van der Waals surface area contributed by atoms with Gasteiger partial charge in [0.2, 0.25) is 0 Å². The molecule has 6 heteroatoms. The Morgan fingerprint density at radius 1 is 1.47 bits per heavy atom. The highest BCUT2D eigenvalue weighted by Crippen LogP contribution is 2.26. The predicted octanol–water partition coefficient (Wildman–Crippen LogP) is 2.89. The van der Waals surface area contributed by atoms with E-state index in [1.54, 1.807) is 13.0 Å². The van der Waals surface area contributed by atoms with Crippen LogP contribution in [0.2, 0.25) is 0 Å². The quantitative estimate of drug-likeness (QED) is 0.861. The van der Waals surface area contributed by atoms with Crippen molar-refractivity contribution in [1.82, 2.24) is 0 Å². The average molecular weight is 268 g/mol. The largest absolute Gasteiger partial charge is 0.480 e. The van der Waals surface area contributed by atoms with Crippen LogP contribution in [0, 0.1) is 23.0 Å². The summed E-state index contributed by atoms with van der Waals surface area (Å²) in [5.41, 5.74) is -2.16. The van der Waals surface area contributed by atoms with Crippen molar-refractivity contribution in [2.45, 2.75) is 32.2 Å². The molecule has 0 saturated carbocycles. The van der Waals surface area contributed by atoms with Crippen LogP contribution >= 0.6 is 0 Å². The summed E-state index contributed by atoms with van der Waals surface area (Å²) in [6.07, 6.45) is 0.747. The summed E-state index contributed by atoms with van der Waals surface area (Å²) >= 11 is 0. The highest BCUT2D eigenvalue weighted by atomic mass is 19.1. The van der Waals surface area contributed by atoms with Gasteiger partial charge in [0.15, 0.2) is 11.6 Å². The minimum atomic E-state index is -1.47. The van der Waals surface area contributed by atoms with Crippen LogP contribution in [-0.2, 0) is 4.79 Å². The molecule has 1 atom stereocenters. The first-order chi connectivity index (χ1) is 8.84. The molecule has 0 spiro atoms. The normalized spacial score (nSPS) is 13.4. The third-order valence-corrected chi connectivity index (χ3v) is 2.79. The number of carboxylic acids is 1. The number of nitriles is 1. The van der Waals surface area contributed by atoms with E-state index in [9.17, 15) is 13.6 Å². The molecule has 0 fully saturated rings. The van der Waals surface area contributed by atoms with Gasteiger partial charge in [-0.05, 0) is 25.5 Å². The number of rotatable bonds is 5. The summed E-state index contributed by atoms with van der Waals surface area (Å²) in [6.45, 7) is 3.13. The molecular formula is C13H14F2N2O2. The smallest absolute Gasteiger partial charge is 0.329 e. The number of nitrogens with zero attached hydrogens (tertiary/aromatic N) is 1. The number of nitrogens with one attached hydrogen (secondary N) is 1. The third-order valence-electron chi connectivity index (χ3n) is 2.79. The molecule has 1 unspecified atom stereocenters. The highest BCUT2D eigenvalue weighted by Gasteiger charge is 2.33. The topological polar surface area (TPSA) is 73.1 Å². The van der Waals surface area contributed by atoms with Crippen LogP contribution in [0.5, 0.6) is 0 Å². The van der Waals surface area contributed by atoms with Crippen molar-refractivity contribution in [2.24, 2.45) is 0 Å². The van der Waals surface area contributed by atoms with Crippen molar-refractivity contribution in [3.63, 3.8) is 0 Å². The number of aliphatic carboxylic acids is 1. The Labute approximate surface area is 109 Å². The standard InChI is InChI=1S/C13H14F2N2O2/c1-3-4-13(2,12(18)19)17-11-9(14)5-8(7-16)6-10(11)15/h5-6,17H,3-4H2,1-2H3,(H,18,19). The molecule has 0 saturated heterocycles. The minimum absolute atomic E-state index is 0.159. The number of hydrogen-bond acceptors (Lipinski definition) is 3. The van der Waals surface area contributed by atoms with E-state index in [2.05, 4.69) is 5.32 Å². The molecule has 0 heterocycles. The number of carbonyl (C=O) groups is 1. The van der Waals surface area contributed by atoms with Crippen LogP contribution in [0.4, 0.5) is 14.5 Å². The second kappa shape index (κ2) is 5.65. The summed E-state index contributed by atoms with van der Waals surface area (Å²) in [7, 11) is 0. The van der Waals surface area contributed by atoms with E-state index in [0.717, 1.165) is 12.1 Å². The van der Waals surface area contributed by atoms with E-state index in [4.69, 9.17) is 10.4 Å². The molecule has 0 aliphatic rings. The maximum Gasteiger partial charge on any atom is 0.329 e.